The van der Waals surface area contributed by atoms with Crippen molar-refractivity contribution >= 4 is 5.96 Å². The van der Waals surface area contributed by atoms with Gasteiger partial charge in [-0.25, -0.2) is 4.98 Å². The van der Waals surface area contributed by atoms with Gasteiger partial charge in [0.25, 0.3) is 0 Å². The van der Waals surface area contributed by atoms with E-state index < -0.39 is 5.60 Å². The van der Waals surface area contributed by atoms with Crippen molar-refractivity contribution in [1.82, 2.24) is 25.0 Å². The molecule has 0 saturated heterocycles. The van der Waals surface area contributed by atoms with Crippen LogP contribution in [-0.4, -0.2) is 56.5 Å². The van der Waals surface area contributed by atoms with Gasteiger partial charge in [-0.1, -0.05) is 12.8 Å². The van der Waals surface area contributed by atoms with E-state index in [0.29, 0.717) is 13.1 Å². The molecular formula is C14H26N6O. The number of guanidine groups is 1. The normalized spacial score (nSPS) is 18.0. The molecule has 1 aromatic rings. The number of hydrogen-bond donors (Lipinski definition) is 2. The lowest BCUT2D eigenvalue weighted by molar-refractivity contribution is 0.0572. The molecule has 118 valence electrons. The fraction of sp³-hybridized carbons (Fsp3) is 0.786. The largest absolute Gasteiger partial charge is 0.388 e. The first-order valence-electron chi connectivity index (χ1n) is 7.59. The lowest BCUT2D eigenvalue weighted by Crippen LogP contribution is -2.40. The number of aromatic nitrogens is 3. The van der Waals surface area contributed by atoms with Gasteiger partial charge in [0.2, 0.25) is 0 Å². The summed E-state index contributed by atoms with van der Waals surface area (Å²) in [5.74, 6) is 1.67. The van der Waals surface area contributed by atoms with E-state index in [1.807, 2.05) is 25.9 Å². The fourth-order valence-electron chi connectivity index (χ4n) is 2.63. The van der Waals surface area contributed by atoms with Crippen LogP contribution in [0.25, 0.3) is 0 Å². The van der Waals surface area contributed by atoms with Gasteiger partial charge in [-0.05, 0) is 19.8 Å². The summed E-state index contributed by atoms with van der Waals surface area (Å²) < 4.78 is 1.75. The first-order valence-corrected chi connectivity index (χ1v) is 7.59. The molecule has 2 rings (SSSR count). The quantitative estimate of drug-likeness (QED) is 0.611. The summed E-state index contributed by atoms with van der Waals surface area (Å²) in [5, 5.41) is 17.7. The maximum Gasteiger partial charge on any atom is 0.194 e. The van der Waals surface area contributed by atoms with Crippen molar-refractivity contribution in [2.45, 2.75) is 44.8 Å². The summed E-state index contributed by atoms with van der Waals surface area (Å²) in [6, 6.07) is 0. The molecule has 7 heteroatoms. The Morgan fingerprint density at radius 1 is 1.52 bits per heavy atom. The third kappa shape index (κ3) is 4.17. The van der Waals surface area contributed by atoms with Crippen molar-refractivity contribution in [2.24, 2.45) is 12.0 Å². The molecule has 2 N–H and O–H groups in total. The Morgan fingerprint density at radius 3 is 2.81 bits per heavy atom. The van der Waals surface area contributed by atoms with Gasteiger partial charge in [-0.3, -0.25) is 9.67 Å². The van der Waals surface area contributed by atoms with Crippen LogP contribution in [0.5, 0.6) is 0 Å². The van der Waals surface area contributed by atoms with Crippen LogP contribution in [0.15, 0.2) is 11.3 Å². The Bertz CT molecular complexity index is 478. The van der Waals surface area contributed by atoms with Crippen LogP contribution < -0.4 is 5.32 Å². The molecule has 0 aromatic carbocycles. The molecule has 0 unspecified atom stereocenters. The highest BCUT2D eigenvalue weighted by Gasteiger charge is 2.31. The van der Waals surface area contributed by atoms with Gasteiger partial charge < -0.3 is 15.3 Å². The van der Waals surface area contributed by atoms with Crippen LogP contribution in [0, 0.1) is 0 Å². The SMILES string of the molecule is CCNC(=NCC1(O)CCCC1)N(C)Cc1ncnn1C. The minimum Gasteiger partial charge on any atom is -0.388 e. The monoisotopic (exact) mass is 294 g/mol. The van der Waals surface area contributed by atoms with E-state index in [1.54, 1.807) is 11.0 Å². The van der Waals surface area contributed by atoms with Gasteiger partial charge in [0.1, 0.15) is 12.2 Å². The zero-order chi connectivity index (χ0) is 15.3. The third-order valence-electron chi connectivity index (χ3n) is 3.94. The highest BCUT2D eigenvalue weighted by Crippen LogP contribution is 2.29. The number of rotatable bonds is 5. The number of hydrogen-bond acceptors (Lipinski definition) is 4. The van der Waals surface area contributed by atoms with Crippen molar-refractivity contribution in [3.8, 4) is 0 Å². The average molecular weight is 294 g/mol. The second kappa shape index (κ2) is 6.89. The van der Waals surface area contributed by atoms with E-state index in [2.05, 4.69) is 20.4 Å². The molecule has 1 aliphatic rings. The Hall–Kier alpha value is -1.63. The molecule has 0 bridgehead atoms. The van der Waals surface area contributed by atoms with E-state index in [4.69, 9.17) is 0 Å². The number of nitrogens with zero attached hydrogens (tertiary/aromatic N) is 5. The molecule has 1 saturated carbocycles. The zero-order valence-electron chi connectivity index (χ0n) is 13.2. The second-order valence-corrected chi connectivity index (χ2v) is 5.76. The maximum absolute atomic E-state index is 10.4. The van der Waals surface area contributed by atoms with Crippen molar-refractivity contribution in [2.75, 3.05) is 20.1 Å². The summed E-state index contributed by atoms with van der Waals surface area (Å²) >= 11 is 0. The van der Waals surface area contributed by atoms with Crippen LogP contribution in [0.3, 0.4) is 0 Å². The van der Waals surface area contributed by atoms with Crippen molar-refractivity contribution < 1.29 is 5.11 Å². The summed E-state index contributed by atoms with van der Waals surface area (Å²) in [7, 11) is 3.84. The Labute approximate surface area is 126 Å². The van der Waals surface area contributed by atoms with Crippen molar-refractivity contribution in [3.05, 3.63) is 12.2 Å². The Kier molecular flexibility index (Phi) is 5.17. The van der Waals surface area contributed by atoms with Crippen LogP contribution >= 0.6 is 0 Å². The number of aliphatic imine (C=N–C) groups is 1. The molecular weight excluding hydrogens is 268 g/mol. The van der Waals surface area contributed by atoms with E-state index in [1.165, 1.54) is 0 Å². The molecule has 0 spiro atoms. The van der Waals surface area contributed by atoms with Gasteiger partial charge in [-0.2, -0.15) is 5.10 Å². The molecule has 0 amide bonds. The minimum atomic E-state index is -0.619. The molecule has 1 fully saturated rings. The highest BCUT2D eigenvalue weighted by atomic mass is 16.3. The number of aryl methyl sites for hydroxylation is 1. The van der Waals surface area contributed by atoms with Gasteiger partial charge in [0, 0.05) is 20.6 Å². The smallest absolute Gasteiger partial charge is 0.194 e. The van der Waals surface area contributed by atoms with Crippen LogP contribution in [0.2, 0.25) is 0 Å². The lowest BCUT2D eigenvalue weighted by atomic mass is 10.0. The highest BCUT2D eigenvalue weighted by molar-refractivity contribution is 5.79. The zero-order valence-corrected chi connectivity index (χ0v) is 13.2. The Balaban J connectivity index is 2.01. The van der Waals surface area contributed by atoms with Crippen LogP contribution in [0.4, 0.5) is 0 Å². The van der Waals surface area contributed by atoms with E-state index in [0.717, 1.165) is 44.0 Å². The van der Waals surface area contributed by atoms with E-state index in [-0.39, 0.29) is 0 Å². The molecule has 21 heavy (non-hydrogen) atoms. The predicted octanol–water partition coefficient (Wildman–Crippen LogP) is 0.518. The molecule has 0 radical (unpaired) electrons. The first kappa shape index (κ1) is 15.8. The molecule has 1 aromatic heterocycles. The lowest BCUT2D eigenvalue weighted by Gasteiger charge is -2.24. The third-order valence-corrected chi connectivity index (χ3v) is 3.94. The number of nitrogens with one attached hydrogen (secondary N) is 1. The molecule has 0 aliphatic heterocycles. The first-order chi connectivity index (χ1) is 10.0. The van der Waals surface area contributed by atoms with Gasteiger partial charge in [0.05, 0.1) is 18.7 Å². The molecule has 0 atom stereocenters. The van der Waals surface area contributed by atoms with Gasteiger partial charge in [0.15, 0.2) is 5.96 Å². The summed E-state index contributed by atoms with van der Waals surface area (Å²) in [6.07, 6.45) is 5.44. The van der Waals surface area contributed by atoms with Crippen LogP contribution in [-0.2, 0) is 13.6 Å². The summed E-state index contributed by atoms with van der Waals surface area (Å²) in [4.78, 5) is 10.8. The Morgan fingerprint density at radius 2 is 2.24 bits per heavy atom. The predicted molar refractivity (Wildman–Crippen MR) is 81.9 cm³/mol. The summed E-state index contributed by atoms with van der Waals surface area (Å²) in [5.41, 5.74) is -0.619. The van der Waals surface area contributed by atoms with Gasteiger partial charge in [-0.15, -0.1) is 0 Å². The maximum atomic E-state index is 10.4. The molecule has 1 heterocycles. The topological polar surface area (TPSA) is 78.6 Å². The molecule has 1 aliphatic carbocycles. The summed E-state index contributed by atoms with van der Waals surface area (Å²) in [6.45, 7) is 3.91. The van der Waals surface area contributed by atoms with Crippen molar-refractivity contribution in [1.29, 1.82) is 0 Å². The second-order valence-electron chi connectivity index (χ2n) is 5.76. The van der Waals surface area contributed by atoms with E-state index >= 15 is 0 Å². The standard InChI is InChI=1S/C14H26N6O/c1-4-15-13(16-10-14(21)7-5-6-8-14)19(2)9-12-17-11-18-20(12)3/h11,21H,4-10H2,1-3H3,(H,15,16). The van der Waals surface area contributed by atoms with Crippen molar-refractivity contribution in [3.63, 3.8) is 0 Å². The fourth-order valence-corrected chi connectivity index (χ4v) is 2.63. The van der Waals surface area contributed by atoms with Gasteiger partial charge >= 0.3 is 0 Å². The number of aliphatic hydroxyl groups is 1. The average Bonchev–Trinajstić information content (AvgIpc) is 3.05. The van der Waals surface area contributed by atoms with Crippen LogP contribution in [0.1, 0.15) is 38.4 Å². The molecule has 7 nitrogen and oxygen atoms in total. The van der Waals surface area contributed by atoms with E-state index in [9.17, 15) is 5.11 Å². The minimum absolute atomic E-state index is 0.457.